The van der Waals surface area contributed by atoms with E-state index in [4.69, 9.17) is 0 Å². The molecule has 0 bridgehead atoms. The summed E-state index contributed by atoms with van der Waals surface area (Å²) in [6.07, 6.45) is 5.08. The molecule has 0 aliphatic heterocycles. The first-order valence-electron chi connectivity index (χ1n) is 6.00. The van der Waals surface area contributed by atoms with Crippen molar-refractivity contribution in [3.63, 3.8) is 0 Å². The molecule has 0 aliphatic rings. The van der Waals surface area contributed by atoms with Gasteiger partial charge in [-0.15, -0.1) is 0 Å². The SMILES string of the molecule is Cc1c(C)n(CCC(C)C)c2cnccc12. The fraction of sp³-hybridized carbons (Fsp3) is 0.500. The number of aryl methyl sites for hydroxylation is 2. The lowest BCUT2D eigenvalue weighted by atomic mass is 10.1. The molecule has 0 amide bonds. The van der Waals surface area contributed by atoms with Crippen molar-refractivity contribution in [1.82, 2.24) is 9.55 Å². The van der Waals surface area contributed by atoms with Gasteiger partial charge in [0.25, 0.3) is 0 Å². The van der Waals surface area contributed by atoms with Gasteiger partial charge in [0.2, 0.25) is 0 Å². The Labute approximate surface area is 97.3 Å². The molecule has 0 atom stereocenters. The summed E-state index contributed by atoms with van der Waals surface area (Å²) in [4.78, 5) is 4.23. The fourth-order valence-corrected chi connectivity index (χ4v) is 2.17. The summed E-state index contributed by atoms with van der Waals surface area (Å²) in [6, 6.07) is 2.11. The van der Waals surface area contributed by atoms with E-state index in [1.54, 1.807) is 0 Å². The molecule has 0 radical (unpaired) electrons. The number of rotatable bonds is 3. The standard InChI is InChI=1S/C14H20N2/c1-10(2)6-8-16-12(4)11(3)13-5-7-15-9-14(13)16/h5,7,9-10H,6,8H2,1-4H3. The second-order valence-electron chi connectivity index (χ2n) is 4.94. The quantitative estimate of drug-likeness (QED) is 0.765. The summed E-state index contributed by atoms with van der Waals surface area (Å²) < 4.78 is 2.40. The van der Waals surface area contributed by atoms with Gasteiger partial charge in [0.05, 0.1) is 11.7 Å². The molecule has 0 aliphatic carbocycles. The highest BCUT2D eigenvalue weighted by Gasteiger charge is 2.10. The Morgan fingerprint density at radius 1 is 1.31 bits per heavy atom. The van der Waals surface area contributed by atoms with Crippen LogP contribution in [0, 0.1) is 19.8 Å². The zero-order valence-corrected chi connectivity index (χ0v) is 10.6. The minimum absolute atomic E-state index is 0.744. The minimum Gasteiger partial charge on any atom is -0.343 e. The van der Waals surface area contributed by atoms with E-state index in [2.05, 4.69) is 43.3 Å². The second-order valence-corrected chi connectivity index (χ2v) is 4.94. The lowest BCUT2D eigenvalue weighted by Gasteiger charge is -2.10. The van der Waals surface area contributed by atoms with Crippen LogP contribution in [-0.2, 0) is 6.54 Å². The Morgan fingerprint density at radius 2 is 2.06 bits per heavy atom. The Kier molecular flexibility index (Phi) is 2.99. The van der Waals surface area contributed by atoms with Crippen LogP contribution in [0.3, 0.4) is 0 Å². The van der Waals surface area contributed by atoms with Crippen molar-refractivity contribution in [3.05, 3.63) is 29.7 Å². The summed E-state index contributed by atoms with van der Waals surface area (Å²) in [5.74, 6) is 0.744. The third-order valence-corrected chi connectivity index (χ3v) is 3.37. The molecule has 16 heavy (non-hydrogen) atoms. The van der Waals surface area contributed by atoms with Crippen LogP contribution in [0.25, 0.3) is 10.9 Å². The summed E-state index contributed by atoms with van der Waals surface area (Å²) in [6.45, 7) is 10.0. The zero-order valence-electron chi connectivity index (χ0n) is 10.6. The molecule has 86 valence electrons. The van der Waals surface area contributed by atoms with Gasteiger partial charge in [0.1, 0.15) is 0 Å². The number of aromatic nitrogens is 2. The third kappa shape index (κ3) is 1.84. The van der Waals surface area contributed by atoms with Gasteiger partial charge in [-0.05, 0) is 37.8 Å². The minimum atomic E-state index is 0.744. The number of pyridine rings is 1. The van der Waals surface area contributed by atoms with Crippen molar-refractivity contribution >= 4 is 10.9 Å². The molecule has 0 aromatic carbocycles. The molecule has 2 aromatic rings. The number of fused-ring (bicyclic) bond motifs is 1. The van der Waals surface area contributed by atoms with E-state index in [9.17, 15) is 0 Å². The van der Waals surface area contributed by atoms with Crippen molar-refractivity contribution in [2.75, 3.05) is 0 Å². The van der Waals surface area contributed by atoms with Gasteiger partial charge in [0, 0.05) is 23.8 Å². The van der Waals surface area contributed by atoms with Crippen LogP contribution in [0.2, 0.25) is 0 Å². The molecule has 2 heterocycles. The van der Waals surface area contributed by atoms with Gasteiger partial charge in [-0.25, -0.2) is 0 Å². The van der Waals surface area contributed by atoms with E-state index in [0.717, 1.165) is 12.5 Å². The Morgan fingerprint density at radius 3 is 2.75 bits per heavy atom. The zero-order chi connectivity index (χ0) is 11.7. The highest BCUT2D eigenvalue weighted by atomic mass is 15.0. The van der Waals surface area contributed by atoms with Crippen LogP contribution in [0.1, 0.15) is 31.5 Å². The van der Waals surface area contributed by atoms with Gasteiger partial charge in [0.15, 0.2) is 0 Å². The van der Waals surface area contributed by atoms with Crippen molar-refractivity contribution in [1.29, 1.82) is 0 Å². The van der Waals surface area contributed by atoms with Gasteiger partial charge >= 0.3 is 0 Å². The Balaban J connectivity index is 2.47. The summed E-state index contributed by atoms with van der Waals surface area (Å²) in [7, 11) is 0. The van der Waals surface area contributed by atoms with Gasteiger partial charge < -0.3 is 4.57 Å². The van der Waals surface area contributed by atoms with Gasteiger partial charge in [-0.2, -0.15) is 0 Å². The first-order chi connectivity index (χ1) is 7.61. The average molecular weight is 216 g/mol. The maximum atomic E-state index is 4.23. The highest BCUT2D eigenvalue weighted by molar-refractivity contribution is 5.84. The maximum absolute atomic E-state index is 4.23. The summed E-state index contributed by atoms with van der Waals surface area (Å²) >= 11 is 0. The summed E-state index contributed by atoms with van der Waals surface area (Å²) in [5, 5.41) is 1.34. The maximum Gasteiger partial charge on any atom is 0.0671 e. The molecule has 0 N–H and O–H groups in total. The van der Waals surface area contributed by atoms with Crippen LogP contribution in [0.5, 0.6) is 0 Å². The van der Waals surface area contributed by atoms with Crippen molar-refractivity contribution in [2.45, 2.75) is 40.7 Å². The molecule has 0 spiro atoms. The highest BCUT2D eigenvalue weighted by Crippen LogP contribution is 2.24. The Bertz CT molecular complexity index is 495. The fourth-order valence-electron chi connectivity index (χ4n) is 2.17. The predicted octanol–water partition coefficient (Wildman–Crippen LogP) is 3.70. The van der Waals surface area contributed by atoms with Crippen LogP contribution in [-0.4, -0.2) is 9.55 Å². The number of hydrogen-bond donors (Lipinski definition) is 0. The molecular weight excluding hydrogens is 196 g/mol. The first kappa shape index (κ1) is 11.2. The van der Waals surface area contributed by atoms with Crippen LogP contribution < -0.4 is 0 Å². The smallest absolute Gasteiger partial charge is 0.0671 e. The Hall–Kier alpha value is -1.31. The predicted molar refractivity (Wildman–Crippen MR) is 68.7 cm³/mol. The summed E-state index contributed by atoms with van der Waals surface area (Å²) in [5.41, 5.74) is 4.04. The molecule has 0 saturated heterocycles. The molecule has 2 aromatic heterocycles. The van der Waals surface area contributed by atoms with Crippen LogP contribution in [0.4, 0.5) is 0 Å². The average Bonchev–Trinajstić information content (AvgIpc) is 2.50. The van der Waals surface area contributed by atoms with Crippen LogP contribution >= 0.6 is 0 Å². The third-order valence-electron chi connectivity index (χ3n) is 3.37. The second kappa shape index (κ2) is 4.28. The molecule has 0 fully saturated rings. The lowest BCUT2D eigenvalue weighted by molar-refractivity contribution is 0.519. The first-order valence-corrected chi connectivity index (χ1v) is 6.00. The number of hydrogen-bond acceptors (Lipinski definition) is 1. The molecule has 2 heteroatoms. The van der Waals surface area contributed by atoms with Crippen molar-refractivity contribution in [2.24, 2.45) is 5.92 Å². The molecule has 2 nitrogen and oxygen atoms in total. The van der Waals surface area contributed by atoms with E-state index >= 15 is 0 Å². The topological polar surface area (TPSA) is 17.8 Å². The van der Waals surface area contributed by atoms with Gasteiger partial charge in [-0.1, -0.05) is 13.8 Å². The molecule has 0 unspecified atom stereocenters. The molecule has 2 rings (SSSR count). The van der Waals surface area contributed by atoms with Crippen LogP contribution in [0.15, 0.2) is 18.5 Å². The van der Waals surface area contributed by atoms with E-state index in [1.165, 1.54) is 28.6 Å². The van der Waals surface area contributed by atoms with Gasteiger partial charge in [-0.3, -0.25) is 4.98 Å². The largest absolute Gasteiger partial charge is 0.343 e. The monoisotopic (exact) mass is 216 g/mol. The van der Waals surface area contributed by atoms with E-state index < -0.39 is 0 Å². The van der Waals surface area contributed by atoms with E-state index in [1.807, 2.05) is 12.4 Å². The normalized spacial score (nSPS) is 11.6. The van der Waals surface area contributed by atoms with E-state index in [-0.39, 0.29) is 0 Å². The number of nitrogens with zero attached hydrogens (tertiary/aromatic N) is 2. The van der Waals surface area contributed by atoms with Crippen molar-refractivity contribution < 1.29 is 0 Å². The molecular formula is C14H20N2. The molecule has 0 saturated carbocycles. The van der Waals surface area contributed by atoms with Crippen molar-refractivity contribution in [3.8, 4) is 0 Å². The lowest BCUT2D eigenvalue weighted by Crippen LogP contribution is -2.03. The van der Waals surface area contributed by atoms with E-state index in [0.29, 0.717) is 0 Å².